The SMILES string of the molecule is CCCC(=O)C(=O)c1ccc(Br)cc1. The second-order valence-electron chi connectivity index (χ2n) is 3.01. The molecule has 0 aliphatic heterocycles. The Morgan fingerprint density at radius 2 is 1.79 bits per heavy atom. The number of Topliss-reactive ketones (excluding diaryl/α,β-unsaturated/α-hetero) is 2. The Labute approximate surface area is 91.4 Å². The number of ketones is 2. The Hall–Kier alpha value is -0.960. The van der Waals surface area contributed by atoms with Crippen LogP contribution in [-0.4, -0.2) is 11.6 Å². The zero-order valence-corrected chi connectivity index (χ0v) is 9.50. The zero-order chi connectivity index (χ0) is 10.6. The van der Waals surface area contributed by atoms with Gasteiger partial charge < -0.3 is 0 Å². The molecule has 0 bridgehead atoms. The van der Waals surface area contributed by atoms with Crippen LogP contribution in [-0.2, 0) is 4.79 Å². The summed E-state index contributed by atoms with van der Waals surface area (Å²) in [6, 6.07) is 6.82. The molecule has 0 aromatic heterocycles. The topological polar surface area (TPSA) is 34.1 Å². The summed E-state index contributed by atoms with van der Waals surface area (Å²) in [5.41, 5.74) is 0.464. The van der Waals surface area contributed by atoms with Crippen LogP contribution in [0.15, 0.2) is 28.7 Å². The normalized spacial score (nSPS) is 9.86. The molecule has 0 spiro atoms. The number of hydrogen-bond donors (Lipinski definition) is 0. The summed E-state index contributed by atoms with van der Waals surface area (Å²) < 4.78 is 0.900. The van der Waals surface area contributed by atoms with Crippen molar-refractivity contribution in [3.63, 3.8) is 0 Å². The molecule has 3 heteroatoms. The Balaban J connectivity index is 2.79. The minimum Gasteiger partial charge on any atom is -0.290 e. The predicted molar refractivity (Wildman–Crippen MR) is 58.4 cm³/mol. The summed E-state index contributed by atoms with van der Waals surface area (Å²) in [5, 5.41) is 0. The predicted octanol–water partition coefficient (Wildman–Crippen LogP) is 3.00. The Bertz CT molecular complexity index is 341. The van der Waals surface area contributed by atoms with Crippen molar-refractivity contribution in [2.75, 3.05) is 0 Å². The highest BCUT2D eigenvalue weighted by Gasteiger charge is 2.14. The van der Waals surface area contributed by atoms with Crippen LogP contribution in [0.4, 0.5) is 0 Å². The van der Waals surface area contributed by atoms with Gasteiger partial charge in [-0.2, -0.15) is 0 Å². The summed E-state index contributed by atoms with van der Waals surface area (Å²) in [6.07, 6.45) is 1.04. The first-order valence-corrected chi connectivity index (χ1v) is 5.27. The van der Waals surface area contributed by atoms with E-state index >= 15 is 0 Å². The van der Waals surface area contributed by atoms with E-state index in [1.54, 1.807) is 24.3 Å². The van der Waals surface area contributed by atoms with Gasteiger partial charge in [-0.1, -0.05) is 22.9 Å². The highest BCUT2D eigenvalue weighted by molar-refractivity contribution is 9.10. The third kappa shape index (κ3) is 2.77. The number of halogens is 1. The maximum absolute atomic E-state index is 11.5. The van der Waals surface area contributed by atoms with Gasteiger partial charge in [0.2, 0.25) is 11.6 Å². The minimum atomic E-state index is -0.389. The number of rotatable bonds is 4. The molecule has 14 heavy (non-hydrogen) atoms. The van der Waals surface area contributed by atoms with Gasteiger partial charge in [-0.15, -0.1) is 0 Å². The van der Waals surface area contributed by atoms with Gasteiger partial charge in [-0.25, -0.2) is 0 Å². The average Bonchev–Trinajstić information content (AvgIpc) is 2.18. The van der Waals surface area contributed by atoms with Gasteiger partial charge in [0.1, 0.15) is 0 Å². The van der Waals surface area contributed by atoms with Crippen LogP contribution in [0.1, 0.15) is 30.1 Å². The highest BCUT2D eigenvalue weighted by atomic mass is 79.9. The van der Waals surface area contributed by atoms with Crippen molar-refractivity contribution in [3.8, 4) is 0 Å². The maximum Gasteiger partial charge on any atom is 0.228 e. The van der Waals surface area contributed by atoms with E-state index in [2.05, 4.69) is 15.9 Å². The van der Waals surface area contributed by atoms with Crippen LogP contribution in [0.3, 0.4) is 0 Å². The monoisotopic (exact) mass is 254 g/mol. The molecule has 0 N–H and O–H groups in total. The second kappa shape index (κ2) is 5.05. The first kappa shape index (κ1) is 11.1. The van der Waals surface area contributed by atoms with E-state index in [9.17, 15) is 9.59 Å². The molecule has 2 nitrogen and oxygen atoms in total. The quantitative estimate of drug-likeness (QED) is 0.612. The molecule has 1 rings (SSSR count). The van der Waals surface area contributed by atoms with Crippen molar-refractivity contribution >= 4 is 27.5 Å². The van der Waals surface area contributed by atoms with E-state index in [1.165, 1.54) is 0 Å². The van der Waals surface area contributed by atoms with Crippen molar-refractivity contribution in [2.24, 2.45) is 0 Å². The van der Waals surface area contributed by atoms with Crippen LogP contribution in [0.5, 0.6) is 0 Å². The van der Waals surface area contributed by atoms with Crippen LogP contribution in [0.25, 0.3) is 0 Å². The molecule has 0 radical (unpaired) electrons. The third-order valence-corrected chi connectivity index (χ3v) is 2.37. The van der Waals surface area contributed by atoms with Crippen LogP contribution >= 0.6 is 15.9 Å². The van der Waals surface area contributed by atoms with Crippen LogP contribution in [0, 0.1) is 0 Å². The summed E-state index contributed by atoms with van der Waals surface area (Å²) in [4.78, 5) is 22.7. The largest absolute Gasteiger partial charge is 0.290 e. The van der Waals surface area contributed by atoms with Crippen molar-refractivity contribution < 1.29 is 9.59 Å². The number of hydrogen-bond acceptors (Lipinski definition) is 2. The Morgan fingerprint density at radius 3 is 2.29 bits per heavy atom. The molecular weight excluding hydrogens is 244 g/mol. The molecule has 0 atom stereocenters. The molecule has 1 aromatic rings. The molecule has 74 valence electrons. The lowest BCUT2D eigenvalue weighted by Gasteiger charge is -1.98. The van der Waals surface area contributed by atoms with E-state index in [0.717, 1.165) is 4.47 Å². The second-order valence-corrected chi connectivity index (χ2v) is 3.92. The van der Waals surface area contributed by atoms with Crippen molar-refractivity contribution in [1.29, 1.82) is 0 Å². The molecular formula is C11H11BrO2. The Morgan fingerprint density at radius 1 is 1.21 bits per heavy atom. The van der Waals surface area contributed by atoms with E-state index in [4.69, 9.17) is 0 Å². The third-order valence-electron chi connectivity index (χ3n) is 1.84. The van der Waals surface area contributed by atoms with Gasteiger partial charge in [-0.3, -0.25) is 9.59 Å². The molecule has 0 saturated heterocycles. The van der Waals surface area contributed by atoms with Gasteiger partial charge in [0.05, 0.1) is 0 Å². The highest BCUT2D eigenvalue weighted by Crippen LogP contribution is 2.11. The van der Waals surface area contributed by atoms with Gasteiger partial charge >= 0.3 is 0 Å². The van der Waals surface area contributed by atoms with E-state index < -0.39 is 0 Å². The van der Waals surface area contributed by atoms with Crippen molar-refractivity contribution in [2.45, 2.75) is 19.8 Å². The molecule has 0 amide bonds. The fraction of sp³-hybridized carbons (Fsp3) is 0.273. The summed E-state index contributed by atoms with van der Waals surface area (Å²) in [7, 11) is 0. The van der Waals surface area contributed by atoms with E-state index in [0.29, 0.717) is 18.4 Å². The summed E-state index contributed by atoms with van der Waals surface area (Å²) in [6.45, 7) is 1.88. The van der Waals surface area contributed by atoms with Crippen LogP contribution < -0.4 is 0 Å². The van der Waals surface area contributed by atoms with Gasteiger partial charge in [-0.05, 0) is 30.7 Å². The molecule has 0 heterocycles. The lowest BCUT2D eigenvalue weighted by molar-refractivity contribution is -0.115. The lowest BCUT2D eigenvalue weighted by Crippen LogP contribution is -2.13. The molecule has 0 unspecified atom stereocenters. The molecule has 0 saturated carbocycles. The number of benzene rings is 1. The molecule has 0 aliphatic carbocycles. The average molecular weight is 255 g/mol. The minimum absolute atomic E-state index is 0.310. The molecule has 0 fully saturated rings. The fourth-order valence-corrected chi connectivity index (χ4v) is 1.37. The van der Waals surface area contributed by atoms with Gasteiger partial charge in [0, 0.05) is 16.5 Å². The summed E-state index contributed by atoms with van der Waals surface area (Å²) in [5.74, 6) is -0.700. The first-order chi connectivity index (χ1) is 6.65. The zero-order valence-electron chi connectivity index (χ0n) is 7.92. The number of carbonyl (C=O) groups excluding carboxylic acids is 2. The Kier molecular flexibility index (Phi) is 4.01. The molecule has 0 aliphatic rings. The van der Waals surface area contributed by atoms with Crippen LogP contribution in [0.2, 0.25) is 0 Å². The van der Waals surface area contributed by atoms with Crippen molar-refractivity contribution in [1.82, 2.24) is 0 Å². The molecule has 1 aromatic carbocycles. The first-order valence-electron chi connectivity index (χ1n) is 4.48. The summed E-state index contributed by atoms with van der Waals surface area (Å²) >= 11 is 3.27. The smallest absolute Gasteiger partial charge is 0.228 e. The van der Waals surface area contributed by atoms with E-state index in [-0.39, 0.29) is 11.6 Å². The van der Waals surface area contributed by atoms with E-state index in [1.807, 2.05) is 6.92 Å². The number of carbonyl (C=O) groups is 2. The standard InChI is InChI=1S/C11H11BrO2/c1-2-3-10(13)11(14)8-4-6-9(12)7-5-8/h4-7H,2-3H2,1H3. The van der Waals surface area contributed by atoms with Gasteiger partial charge in [0.25, 0.3) is 0 Å². The van der Waals surface area contributed by atoms with Gasteiger partial charge in [0.15, 0.2) is 0 Å². The van der Waals surface area contributed by atoms with Crippen molar-refractivity contribution in [3.05, 3.63) is 34.3 Å². The fourth-order valence-electron chi connectivity index (χ4n) is 1.10. The lowest BCUT2D eigenvalue weighted by atomic mass is 10.0. The maximum atomic E-state index is 11.5.